The van der Waals surface area contributed by atoms with E-state index in [0.717, 1.165) is 16.3 Å². The van der Waals surface area contributed by atoms with Crippen LogP contribution in [-0.2, 0) is 11.0 Å². The third kappa shape index (κ3) is 2.28. The summed E-state index contributed by atoms with van der Waals surface area (Å²) in [6.07, 6.45) is 5.27. The molecule has 0 aliphatic rings. The maximum Gasteiger partial charge on any atom is 0.0889 e. The lowest BCUT2D eigenvalue weighted by Gasteiger charge is -2.14. The van der Waals surface area contributed by atoms with Crippen molar-refractivity contribution in [3.8, 4) is 0 Å². The molecule has 0 saturated heterocycles. The molecule has 4 heteroatoms. The lowest BCUT2D eigenvalue weighted by atomic mass is 10.0. The first-order chi connectivity index (χ1) is 7.68. The topological polar surface area (TPSA) is 42.0 Å². The van der Waals surface area contributed by atoms with Crippen molar-refractivity contribution in [2.45, 2.75) is 13.0 Å². The zero-order valence-corrected chi connectivity index (χ0v) is 10.1. The Kier molecular flexibility index (Phi) is 3.31. The van der Waals surface area contributed by atoms with Gasteiger partial charge in [0, 0.05) is 30.1 Å². The number of rotatable bonds is 3. The molecule has 0 fully saturated rings. The van der Waals surface area contributed by atoms with Crippen molar-refractivity contribution >= 4 is 21.8 Å². The number of aromatic nitrogens is 1. The van der Waals surface area contributed by atoms with Gasteiger partial charge in [-0.25, -0.2) is 8.93 Å². The summed E-state index contributed by atoms with van der Waals surface area (Å²) in [5, 5.41) is 2.26. The number of fused-ring (bicyclic) bond motifs is 1. The summed E-state index contributed by atoms with van der Waals surface area (Å²) in [4.78, 5) is 4.13. The number of nitrogens with one attached hydrogen (secondary N) is 1. The van der Waals surface area contributed by atoms with Crippen LogP contribution >= 0.6 is 0 Å². The van der Waals surface area contributed by atoms with Gasteiger partial charge in [0.25, 0.3) is 0 Å². The molecule has 1 unspecified atom stereocenters. The number of hydrogen-bond acceptors (Lipinski definition) is 2. The van der Waals surface area contributed by atoms with Gasteiger partial charge in [-0.05, 0) is 23.9 Å². The summed E-state index contributed by atoms with van der Waals surface area (Å²) in [7, 11) is -1.01. The first-order valence-electron chi connectivity index (χ1n) is 5.10. The van der Waals surface area contributed by atoms with Gasteiger partial charge in [-0.15, -0.1) is 0 Å². The predicted octanol–water partition coefficient (Wildman–Crippen LogP) is 2.18. The zero-order chi connectivity index (χ0) is 11.5. The fourth-order valence-electron chi connectivity index (χ4n) is 1.83. The van der Waals surface area contributed by atoms with Crippen LogP contribution in [0.1, 0.15) is 18.5 Å². The van der Waals surface area contributed by atoms with Crippen molar-refractivity contribution in [1.29, 1.82) is 0 Å². The molecule has 0 radical (unpaired) electrons. The predicted molar refractivity (Wildman–Crippen MR) is 67.4 cm³/mol. The largest absolute Gasteiger partial charge is 0.264 e. The summed E-state index contributed by atoms with van der Waals surface area (Å²) in [5.74, 6) is 0. The van der Waals surface area contributed by atoms with Crippen molar-refractivity contribution in [2.75, 3.05) is 6.26 Å². The van der Waals surface area contributed by atoms with Gasteiger partial charge < -0.3 is 0 Å². The second-order valence-electron chi connectivity index (χ2n) is 3.74. The molecular formula is C12H14N2OS. The molecule has 1 heterocycles. The van der Waals surface area contributed by atoms with E-state index in [-0.39, 0.29) is 6.04 Å². The van der Waals surface area contributed by atoms with Gasteiger partial charge in [-0.3, -0.25) is 4.98 Å². The summed E-state index contributed by atoms with van der Waals surface area (Å²) in [6, 6.07) is 8.13. The van der Waals surface area contributed by atoms with Crippen LogP contribution < -0.4 is 4.72 Å². The van der Waals surface area contributed by atoms with E-state index in [0.29, 0.717) is 0 Å². The highest BCUT2D eigenvalue weighted by Gasteiger charge is 2.09. The van der Waals surface area contributed by atoms with Crippen molar-refractivity contribution in [3.05, 3.63) is 42.2 Å². The molecule has 0 amide bonds. The van der Waals surface area contributed by atoms with Crippen molar-refractivity contribution in [1.82, 2.24) is 9.71 Å². The molecule has 3 nitrogen and oxygen atoms in total. The third-order valence-corrected chi connectivity index (χ3v) is 3.21. The fraction of sp³-hybridized carbons (Fsp3) is 0.250. The molecule has 1 N–H and O–H groups in total. The minimum atomic E-state index is -1.01. The summed E-state index contributed by atoms with van der Waals surface area (Å²) >= 11 is 0. The van der Waals surface area contributed by atoms with E-state index in [1.165, 1.54) is 0 Å². The Bertz CT molecular complexity index is 522. The summed E-state index contributed by atoms with van der Waals surface area (Å²) in [5.41, 5.74) is 1.13. The molecule has 2 rings (SSSR count). The number of hydrogen-bond donors (Lipinski definition) is 1. The lowest BCUT2D eigenvalue weighted by Crippen LogP contribution is -2.20. The third-order valence-electron chi connectivity index (χ3n) is 2.53. The van der Waals surface area contributed by atoms with Gasteiger partial charge in [-0.1, -0.05) is 18.2 Å². The van der Waals surface area contributed by atoms with E-state index in [4.69, 9.17) is 0 Å². The second-order valence-corrected chi connectivity index (χ2v) is 4.88. The van der Waals surface area contributed by atoms with Crippen molar-refractivity contribution in [2.24, 2.45) is 0 Å². The summed E-state index contributed by atoms with van der Waals surface area (Å²) < 4.78 is 14.1. The van der Waals surface area contributed by atoms with Gasteiger partial charge in [-0.2, -0.15) is 0 Å². The lowest BCUT2D eigenvalue weighted by molar-refractivity contribution is 0.657. The molecule has 2 atom stereocenters. The summed E-state index contributed by atoms with van der Waals surface area (Å²) in [6.45, 7) is 2.00. The van der Waals surface area contributed by atoms with Crippen LogP contribution in [0.5, 0.6) is 0 Å². The van der Waals surface area contributed by atoms with Crippen molar-refractivity contribution < 1.29 is 4.21 Å². The monoisotopic (exact) mass is 234 g/mol. The van der Waals surface area contributed by atoms with Crippen LogP contribution in [0.2, 0.25) is 0 Å². The molecule has 0 aliphatic heterocycles. The average Bonchev–Trinajstić information content (AvgIpc) is 2.27. The number of pyridine rings is 1. The molecular weight excluding hydrogens is 220 g/mol. The Morgan fingerprint density at radius 2 is 2.19 bits per heavy atom. The van der Waals surface area contributed by atoms with Crippen LogP contribution in [0.3, 0.4) is 0 Å². The van der Waals surface area contributed by atoms with Crippen molar-refractivity contribution in [3.63, 3.8) is 0 Å². The van der Waals surface area contributed by atoms with Gasteiger partial charge in [0.2, 0.25) is 0 Å². The van der Waals surface area contributed by atoms with Crippen LogP contribution in [0.15, 0.2) is 36.7 Å². The van der Waals surface area contributed by atoms with Crippen LogP contribution in [0.25, 0.3) is 10.8 Å². The van der Waals surface area contributed by atoms with Crippen LogP contribution in [-0.4, -0.2) is 15.4 Å². The highest BCUT2D eigenvalue weighted by atomic mass is 32.2. The Morgan fingerprint density at radius 1 is 1.38 bits per heavy atom. The highest BCUT2D eigenvalue weighted by molar-refractivity contribution is 7.82. The standard InChI is InChI=1S/C12H14N2OS/c1-9(14-16(2)15)11-5-3-4-10-6-7-13-8-12(10)11/h3-9,14H,1-2H3/t9-,16?/m1/s1. The van der Waals surface area contributed by atoms with Crippen LogP contribution in [0, 0.1) is 0 Å². The minimum Gasteiger partial charge on any atom is -0.264 e. The van der Waals surface area contributed by atoms with E-state index in [9.17, 15) is 4.21 Å². The van der Waals surface area contributed by atoms with E-state index >= 15 is 0 Å². The number of nitrogens with zero attached hydrogens (tertiary/aromatic N) is 1. The Morgan fingerprint density at radius 3 is 2.94 bits per heavy atom. The quantitative estimate of drug-likeness (QED) is 0.884. The van der Waals surface area contributed by atoms with E-state index in [1.54, 1.807) is 12.5 Å². The van der Waals surface area contributed by atoms with Crippen LogP contribution in [0.4, 0.5) is 0 Å². The SMILES string of the molecule is C[C@@H](NS(C)=O)c1cccc2ccncc12. The van der Waals surface area contributed by atoms with E-state index in [1.807, 2.05) is 31.3 Å². The maximum absolute atomic E-state index is 11.1. The molecule has 0 bridgehead atoms. The second kappa shape index (κ2) is 4.72. The van der Waals surface area contributed by atoms with Gasteiger partial charge in [0.1, 0.15) is 0 Å². The Balaban J connectivity index is 2.47. The average molecular weight is 234 g/mol. The van der Waals surface area contributed by atoms with E-state index in [2.05, 4.69) is 15.8 Å². The molecule has 16 heavy (non-hydrogen) atoms. The zero-order valence-electron chi connectivity index (χ0n) is 9.31. The molecule has 0 aliphatic carbocycles. The smallest absolute Gasteiger partial charge is 0.0889 e. The Hall–Kier alpha value is -1.26. The normalized spacial score (nSPS) is 14.9. The molecule has 1 aromatic carbocycles. The molecule has 1 aromatic heterocycles. The minimum absolute atomic E-state index is 0.0544. The maximum atomic E-state index is 11.1. The molecule has 0 spiro atoms. The fourth-order valence-corrected chi connectivity index (χ4v) is 2.45. The highest BCUT2D eigenvalue weighted by Crippen LogP contribution is 2.23. The van der Waals surface area contributed by atoms with E-state index < -0.39 is 11.0 Å². The molecule has 84 valence electrons. The van der Waals surface area contributed by atoms with Gasteiger partial charge >= 0.3 is 0 Å². The number of benzene rings is 1. The first kappa shape index (κ1) is 11.2. The molecule has 2 aromatic rings. The van der Waals surface area contributed by atoms with Gasteiger partial charge in [0.05, 0.1) is 11.0 Å². The first-order valence-corrected chi connectivity index (χ1v) is 6.66. The Labute approximate surface area is 97.5 Å². The molecule has 0 saturated carbocycles. The van der Waals surface area contributed by atoms with Gasteiger partial charge in [0.15, 0.2) is 0 Å².